The van der Waals surface area contributed by atoms with Crippen LogP contribution < -0.4 is 17.1 Å². The van der Waals surface area contributed by atoms with Gasteiger partial charge in [-0.15, -0.1) is 0 Å². The molecule has 0 spiro atoms. The van der Waals surface area contributed by atoms with Crippen molar-refractivity contribution in [2.75, 3.05) is 19.6 Å². The molecule has 0 atom stereocenters. The molecule has 0 saturated heterocycles. The molecule has 4 heterocycles. The summed E-state index contributed by atoms with van der Waals surface area (Å²) in [4.78, 5) is 121. The van der Waals surface area contributed by atoms with Gasteiger partial charge in [-0.3, -0.25) is 43.5 Å². The zero-order chi connectivity index (χ0) is 42.3. The molecule has 1 aromatic heterocycles. The minimum absolute atomic E-state index is 0.0888. The number of amides is 6. The number of hydrogen-bond donors (Lipinski definition) is 0. The second kappa shape index (κ2) is 18.6. The fourth-order valence-electron chi connectivity index (χ4n) is 8.26. The van der Waals surface area contributed by atoms with Gasteiger partial charge in [-0.1, -0.05) is 74.9 Å². The Morgan fingerprint density at radius 2 is 0.433 bits per heavy atom. The number of carbonyl (C=O) groups excluding carboxylic acids is 6. The van der Waals surface area contributed by atoms with Crippen LogP contribution in [0.25, 0.3) is 0 Å². The molecule has 60 heavy (non-hydrogen) atoms. The normalized spacial score (nSPS) is 14.5. The molecule has 0 radical (unpaired) electrons. The molecule has 312 valence electrons. The van der Waals surface area contributed by atoms with Crippen LogP contribution in [0.2, 0.25) is 0 Å². The highest BCUT2D eigenvalue weighted by Crippen LogP contribution is 2.25. The number of unbranched alkanes of at least 4 members (excludes halogenated alkanes) is 9. The zero-order valence-electron chi connectivity index (χ0n) is 33.5. The lowest BCUT2D eigenvalue weighted by Gasteiger charge is -2.15. The Morgan fingerprint density at radius 1 is 0.250 bits per heavy atom. The summed E-state index contributed by atoms with van der Waals surface area (Å²) in [6.45, 7) is 1.06. The topological polar surface area (TPSA) is 178 Å². The Balaban J connectivity index is 0.926. The van der Waals surface area contributed by atoms with E-state index in [2.05, 4.69) is 0 Å². The Kier molecular flexibility index (Phi) is 12.9. The number of benzene rings is 3. The predicted molar refractivity (Wildman–Crippen MR) is 220 cm³/mol. The van der Waals surface area contributed by atoms with Crippen molar-refractivity contribution in [1.29, 1.82) is 0 Å². The van der Waals surface area contributed by atoms with Crippen molar-refractivity contribution in [3.05, 3.63) is 138 Å². The number of rotatable bonds is 21. The van der Waals surface area contributed by atoms with Crippen LogP contribution in [0.1, 0.15) is 139 Å². The van der Waals surface area contributed by atoms with Gasteiger partial charge in [0.2, 0.25) is 0 Å². The SMILES string of the molecule is O=C1c2ccccc2C(=O)N1CCCCCCn1c(=O)n(CCCCCCN2C(=O)c3ccccc3C2=O)c(=O)n(CCCCCCN2C(=O)c3ccccc3C2=O)c1=O. The highest BCUT2D eigenvalue weighted by molar-refractivity contribution is 6.22. The van der Waals surface area contributed by atoms with E-state index in [0.29, 0.717) is 110 Å². The van der Waals surface area contributed by atoms with Crippen LogP contribution in [-0.4, -0.2) is 83.5 Å². The lowest BCUT2D eigenvalue weighted by atomic mass is 10.1. The number of imide groups is 3. The van der Waals surface area contributed by atoms with E-state index in [0.717, 1.165) is 13.7 Å². The van der Waals surface area contributed by atoms with Crippen LogP contribution in [0.3, 0.4) is 0 Å². The van der Waals surface area contributed by atoms with E-state index < -0.39 is 17.1 Å². The van der Waals surface area contributed by atoms with Gasteiger partial charge in [0.15, 0.2) is 0 Å². The minimum atomic E-state index is -0.681. The summed E-state index contributed by atoms with van der Waals surface area (Å²) in [5.41, 5.74) is 0.351. The highest BCUT2D eigenvalue weighted by Gasteiger charge is 2.36. The van der Waals surface area contributed by atoms with Gasteiger partial charge in [0.05, 0.1) is 33.4 Å². The molecule has 0 N–H and O–H groups in total. The second-order valence-corrected chi connectivity index (χ2v) is 15.5. The average Bonchev–Trinajstić information content (AvgIpc) is 3.76. The third-order valence-electron chi connectivity index (χ3n) is 11.6. The van der Waals surface area contributed by atoms with Gasteiger partial charge in [-0.25, -0.2) is 28.1 Å². The summed E-state index contributed by atoms with van der Waals surface area (Å²) in [6.07, 6.45) is 6.88. The molecule has 3 aromatic carbocycles. The molecule has 7 rings (SSSR count). The fourth-order valence-corrected chi connectivity index (χ4v) is 8.26. The molecule has 0 unspecified atom stereocenters. The summed E-state index contributed by atoms with van der Waals surface area (Å²) < 4.78 is 3.32. The van der Waals surface area contributed by atoms with Crippen molar-refractivity contribution in [3.63, 3.8) is 0 Å². The molecule has 0 fully saturated rings. The van der Waals surface area contributed by atoms with E-state index in [4.69, 9.17) is 0 Å². The van der Waals surface area contributed by atoms with E-state index >= 15 is 0 Å². The lowest BCUT2D eigenvalue weighted by molar-refractivity contribution is 0.0636. The Labute approximate surface area is 345 Å². The summed E-state index contributed by atoms with van der Waals surface area (Å²) >= 11 is 0. The summed E-state index contributed by atoms with van der Waals surface area (Å²) in [7, 11) is 0. The van der Waals surface area contributed by atoms with Gasteiger partial charge in [0, 0.05) is 39.3 Å². The van der Waals surface area contributed by atoms with E-state index in [9.17, 15) is 43.2 Å². The van der Waals surface area contributed by atoms with Crippen LogP contribution in [0.15, 0.2) is 87.2 Å². The molecule has 4 aromatic rings. The monoisotopic (exact) mass is 816 g/mol. The molecule has 0 aliphatic carbocycles. The number of hydrogen-bond acceptors (Lipinski definition) is 9. The van der Waals surface area contributed by atoms with Gasteiger partial charge in [-0.2, -0.15) is 0 Å². The smallest absolute Gasteiger partial charge is 0.274 e. The number of aromatic nitrogens is 3. The number of fused-ring (bicyclic) bond motifs is 3. The third kappa shape index (κ3) is 8.34. The summed E-state index contributed by atoms with van der Waals surface area (Å²) in [5, 5.41) is 0. The molecule has 0 saturated carbocycles. The van der Waals surface area contributed by atoms with E-state index in [-0.39, 0.29) is 74.7 Å². The van der Waals surface area contributed by atoms with Crippen molar-refractivity contribution in [2.24, 2.45) is 0 Å². The highest BCUT2D eigenvalue weighted by atomic mass is 16.2. The summed E-state index contributed by atoms with van der Waals surface area (Å²) in [5.74, 6) is -1.86. The van der Waals surface area contributed by atoms with Gasteiger partial charge < -0.3 is 0 Å². The zero-order valence-corrected chi connectivity index (χ0v) is 33.5. The largest absolute Gasteiger partial charge is 0.336 e. The molecule has 0 bridgehead atoms. The standard InChI is InChI=1S/C45H48N6O9/c52-37-31-19-7-8-20-32(31)38(53)46(37)25-13-1-4-16-28-49-43(58)50(29-17-5-2-14-26-47-39(54)33-21-9-10-22-34(33)40(47)55)45(60)51(44(49)59)30-18-6-3-15-27-48-41(56)35-23-11-12-24-36(35)42(48)57/h7-12,19-24H,1-6,13-18,25-30H2. The minimum Gasteiger partial charge on any atom is -0.274 e. The summed E-state index contributed by atoms with van der Waals surface area (Å²) in [6, 6.07) is 20.2. The molecule has 3 aliphatic rings. The first-order chi connectivity index (χ1) is 29.1. The van der Waals surface area contributed by atoms with Crippen molar-refractivity contribution >= 4 is 35.4 Å². The van der Waals surface area contributed by atoms with Crippen molar-refractivity contribution in [2.45, 2.75) is 96.7 Å². The molecule has 15 nitrogen and oxygen atoms in total. The first-order valence-electron chi connectivity index (χ1n) is 20.9. The quantitative estimate of drug-likeness (QED) is 0.0849. The van der Waals surface area contributed by atoms with E-state index in [1.165, 1.54) is 14.7 Å². The van der Waals surface area contributed by atoms with Crippen molar-refractivity contribution in [1.82, 2.24) is 28.4 Å². The molecular weight excluding hydrogens is 769 g/mol. The number of nitrogens with zero attached hydrogens (tertiary/aromatic N) is 6. The first kappa shape index (κ1) is 41.6. The Bertz CT molecular complexity index is 2120. The van der Waals surface area contributed by atoms with E-state index in [1.54, 1.807) is 72.8 Å². The molecule has 6 amide bonds. The fraction of sp³-hybridized carbons (Fsp3) is 0.400. The second-order valence-electron chi connectivity index (χ2n) is 15.5. The van der Waals surface area contributed by atoms with Crippen LogP contribution in [-0.2, 0) is 19.6 Å². The van der Waals surface area contributed by atoms with Gasteiger partial charge >= 0.3 is 17.1 Å². The predicted octanol–water partition coefficient (Wildman–Crippen LogP) is 4.74. The molecule has 3 aliphatic heterocycles. The first-order valence-corrected chi connectivity index (χ1v) is 20.9. The maximum atomic E-state index is 13.7. The Hall–Kier alpha value is -6.51. The van der Waals surface area contributed by atoms with Crippen LogP contribution >= 0.6 is 0 Å². The van der Waals surface area contributed by atoms with Crippen LogP contribution in [0.4, 0.5) is 0 Å². The maximum absolute atomic E-state index is 13.7. The van der Waals surface area contributed by atoms with Gasteiger partial charge in [0.25, 0.3) is 35.4 Å². The molecule has 15 heteroatoms. The third-order valence-corrected chi connectivity index (χ3v) is 11.6. The van der Waals surface area contributed by atoms with Crippen molar-refractivity contribution < 1.29 is 28.8 Å². The molecular formula is C45H48N6O9. The van der Waals surface area contributed by atoms with E-state index in [1.807, 2.05) is 0 Å². The maximum Gasteiger partial charge on any atom is 0.336 e. The van der Waals surface area contributed by atoms with Crippen LogP contribution in [0.5, 0.6) is 0 Å². The average molecular weight is 817 g/mol. The van der Waals surface area contributed by atoms with Gasteiger partial charge in [0.1, 0.15) is 0 Å². The lowest BCUT2D eigenvalue weighted by Crippen LogP contribution is -2.54. The van der Waals surface area contributed by atoms with Crippen molar-refractivity contribution in [3.8, 4) is 0 Å². The van der Waals surface area contributed by atoms with Gasteiger partial charge in [-0.05, 0) is 74.9 Å². The number of carbonyl (C=O) groups is 6. The van der Waals surface area contributed by atoms with Crippen LogP contribution in [0, 0.1) is 0 Å². The Morgan fingerprint density at radius 3 is 0.633 bits per heavy atom.